The third-order valence-corrected chi connectivity index (χ3v) is 5.56. The average molecular weight is 254 g/mol. The Hall–Kier alpha value is -1.18. The van der Waals surface area contributed by atoms with Crippen molar-refractivity contribution in [1.82, 2.24) is 4.98 Å². The first-order valence-corrected chi connectivity index (χ1v) is 7.53. The van der Waals surface area contributed by atoms with Crippen LogP contribution in [-0.4, -0.2) is 10.8 Å². The molecule has 1 aromatic heterocycles. The number of aromatic nitrogens is 1. The lowest BCUT2D eigenvalue weighted by atomic mass is 9.48. The first-order valence-electron chi connectivity index (χ1n) is 7.53. The number of ketones is 1. The highest BCUT2D eigenvalue weighted by molar-refractivity contribution is 5.95. The number of Topliss-reactive ketones (excluding diaryl/α,β-unsaturated/α-hetero) is 1. The molecule has 4 saturated carbocycles. The average Bonchev–Trinajstić information content (AvgIpc) is 2.38. The van der Waals surface area contributed by atoms with Crippen LogP contribution in [0.15, 0.2) is 24.5 Å². The predicted molar refractivity (Wildman–Crippen MR) is 73.3 cm³/mol. The number of rotatable bonds is 3. The molecule has 0 amide bonds. The first kappa shape index (κ1) is 11.6. The molecule has 0 unspecified atom stereocenters. The summed E-state index contributed by atoms with van der Waals surface area (Å²) >= 11 is 0. The molecule has 0 saturated heterocycles. The van der Waals surface area contributed by atoms with Crippen LogP contribution in [0.25, 0.3) is 0 Å². The van der Waals surface area contributed by atoms with Gasteiger partial charge in [-0.25, -0.2) is 0 Å². The molecular weight excluding hydrogens is 234 g/mol. The van der Waals surface area contributed by atoms with Gasteiger partial charge in [-0.3, -0.25) is 9.78 Å². The highest BCUT2D eigenvalue weighted by atomic mass is 16.1. The molecule has 1 aromatic rings. The summed E-state index contributed by atoms with van der Waals surface area (Å²) in [7, 11) is 0. The zero-order chi connectivity index (χ0) is 12.9. The lowest BCUT2D eigenvalue weighted by molar-refractivity contribution is -0.139. The second kappa shape index (κ2) is 4.16. The summed E-state index contributed by atoms with van der Waals surface area (Å²) in [5.74, 6) is 2.89. The molecule has 1 heterocycles. The standard InChI is InChI=1S/C17H20NO/c19-16(8-12-1-3-18-4-2-12)17-9-13-5-14(10-17)7-15(6-13)11-17/h1-4,8,13-15H,5-7,9-11H2. The van der Waals surface area contributed by atoms with E-state index in [0.717, 1.165) is 42.6 Å². The third kappa shape index (κ3) is 1.92. The molecule has 0 spiro atoms. The summed E-state index contributed by atoms with van der Waals surface area (Å²) < 4.78 is 0. The molecule has 4 bridgehead atoms. The fourth-order valence-electron chi connectivity index (χ4n) is 5.18. The van der Waals surface area contributed by atoms with Gasteiger partial charge in [-0.2, -0.15) is 0 Å². The predicted octanol–water partition coefficient (Wildman–Crippen LogP) is 3.42. The second-order valence-electron chi connectivity index (χ2n) is 6.99. The minimum atomic E-state index is -0.00196. The highest BCUT2D eigenvalue weighted by Crippen LogP contribution is 2.60. The van der Waals surface area contributed by atoms with Crippen LogP contribution in [0.3, 0.4) is 0 Å². The van der Waals surface area contributed by atoms with Crippen LogP contribution in [0.2, 0.25) is 0 Å². The summed E-state index contributed by atoms with van der Waals surface area (Å²) in [5.41, 5.74) is 1.01. The first-order chi connectivity index (χ1) is 9.23. The Balaban J connectivity index is 1.56. The maximum atomic E-state index is 12.8. The van der Waals surface area contributed by atoms with Gasteiger partial charge in [0.2, 0.25) is 0 Å². The largest absolute Gasteiger partial charge is 0.298 e. The molecule has 2 heteroatoms. The maximum Gasteiger partial charge on any atom is 0.147 e. The van der Waals surface area contributed by atoms with E-state index in [9.17, 15) is 4.79 Å². The molecule has 0 aromatic carbocycles. The number of pyridine rings is 1. The second-order valence-corrected chi connectivity index (χ2v) is 6.99. The summed E-state index contributed by atoms with van der Waals surface area (Å²) in [6.07, 6.45) is 13.0. The Morgan fingerprint density at radius 2 is 1.58 bits per heavy atom. The van der Waals surface area contributed by atoms with Gasteiger partial charge in [0.1, 0.15) is 5.78 Å². The van der Waals surface area contributed by atoms with E-state index in [1.54, 1.807) is 12.4 Å². The lowest BCUT2D eigenvalue weighted by Crippen LogP contribution is -2.50. The number of hydrogen-bond donors (Lipinski definition) is 0. The number of carbonyl (C=O) groups is 1. The fraction of sp³-hybridized carbons (Fsp3) is 0.588. The SMILES string of the molecule is O=C([CH]c1ccncc1)C12CC3CC(CC(C3)C1)C2. The normalized spacial score (nSPS) is 39.5. The van der Waals surface area contributed by atoms with Crippen LogP contribution < -0.4 is 0 Å². The van der Waals surface area contributed by atoms with Gasteiger partial charge in [-0.05, 0) is 74.0 Å². The Morgan fingerprint density at radius 3 is 2.11 bits per heavy atom. The van der Waals surface area contributed by atoms with Crippen LogP contribution in [-0.2, 0) is 4.79 Å². The highest BCUT2D eigenvalue weighted by Gasteiger charge is 2.54. The van der Waals surface area contributed by atoms with Crippen molar-refractivity contribution in [2.75, 3.05) is 0 Å². The van der Waals surface area contributed by atoms with Gasteiger partial charge < -0.3 is 0 Å². The molecule has 99 valence electrons. The van der Waals surface area contributed by atoms with Crippen molar-refractivity contribution in [3.05, 3.63) is 36.5 Å². The molecule has 2 nitrogen and oxygen atoms in total. The summed E-state index contributed by atoms with van der Waals surface area (Å²) in [6, 6.07) is 3.86. The van der Waals surface area contributed by atoms with E-state index < -0.39 is 0 Å². The zero-order valence-corrected chi connectivity index (χ0v) is 11.2. The molecule has 0 atom stereocenters. The minimum Gasteiger partial charge on any atom is -0.298 e. The number of hydrogen-bond acceptors (Lipinski definition) is 2. The van der Waals surface area contributed by atoms with Crippen molar-refractivity contribution >= 4 is 5.78 Å². The monoisotopic (exact) mass is 254 g/mol. The van der Waals surface area contributed by atoms with Crippen LogP contribution in [0, 0.1) is 29.6 Å². The van der Waals surface area contributed by atoms with Gasteiger partial charge >= 0.3 is 0 Å². The minimum absolute atomic E-state index is 0.00196. The maximum absolute atomic E-state index is 12.8. The fourth-order valence-corrected chi connectivity index (χ4v) is 5.18. The zero-order valence-electron chi connectivity index (χ0n) is 11.2. The van der Waals surface area contributed by atoms with Crippen molar-refractivity contribution in [2.24, 2.45) is 23.2 Å². The van der Waals surface area contributed by atoms with E-state index in [2.05, 4.69) is 4.98 Å². The van der Waals surface area contributed by atoms with E-state index >= 15 is 0 Å². The van der Waals surface area contributed by atoms with E-state index in [1.165, 1.54) is 19.3 Å². The Bertz CT molecular complexity index is 458. The van der Waals surface area contributed by atoms with E-state index in [-0.39, 0.29) is 5.41 Å². The number of carbonyl (C=O) groups excluding carboxylic acids is 1. The molecule has 1 radical (unpaired) electrons. The molecule has 4 aliphatic carbocycles. The third-order valence-electron chi connectivity index (χ3n) is 5.56. The van der Waals surface area contributed by atoms with Crippen LogP contribution in [0.5, 0.6) is 0 Å². The van der Waals surface area contributed by atoms with Gasteiger partial charge in [0.15, 0.2) is 0 Å². The molecule has 4 aliphatic rings. The summed E-state index contributed by atoms with van der Waals surface area (Å²) in [4.78, 5) is 16.8. The number of nitrogens with zero attached hydrogens (tertiary/aromatic N) is 1. The molecule has 0 aliphatic heterocycles. The van der Waals surface area contributed by atoms with E-state index in [4.69, 9.17) is 0 Å². The summed E-state index contributed by atoms with van der Waals surface area (Å²) in [6.45, 7) is 0. The van der Waals surface area contributed by atoms with Crippen molar-refractivity contribution in [2.45, 2.75) is 38.5 Å². The lowest BCUT2D eigenvalue weighted by Gasteiger charge is -2.56. The van der Waals surface area contributed by atoms with Gasteiger partial charge in [0.05, 0.1) is 6.42 Å². The van der Waals surface area contributed by atoms with Gasteiger partial charge in [-0.15, -0.1) is 0 Å². The molecule has 0 N–H and O–H groups in total. The Morgan fingerprint density at radius 1 is 1.05 bits per heavy atom. The topological polar surface area (TPSA) is 30.0 Å². The molecule has 4 fully saturated rings. The van der Waals surface area contributed by atoms with E-state index in [0.29, 0.717) is 5.78 Å². The molecule has 19 heavy (non-hydrogen) atoms. The van der Waals surface area contributed by atoms with Crippen molar-refractivity contribution in [3.63, 3.8) is 0 Å². The molecule has 5 rings (SSSR count). The van der Waals surface area contributed by atoms with Crippen LogP contribution in [0.1, 0.15) is 44.1 Å². The van der Waals surface area contributed by atoms with Crippen LogP contribution in [0.4, 0.5) is 0 Å². The Kier molecular flexibility index (Phi) is 2.54. The van der Waals surface area contributed by atoms with Gasteiger partial charge in [-0.1, -0.05) is 0 Å². The quantitative estimate of drug-likeness (QED) is 0.827. The smallest absolute Gasteiger partial charge is 0.147 e. The van der Waals surface area contributed by atoms with Crippen molar-refractivity contribution < 1.29 is 4.79 Å². The van der Waals surface area contributed by atoms with Crippen LogP contribution >= 0.6 is 0 Å². The van der Waals surface area contributed by atoms with Crippen molar-refractivity contribution in [1.29, 1.82) is 0 Å². The van der Waals surface area contributed by atoms with Gasteiger partial charge in [0.25, 0.3) is 0 Å². The summed E-state index contributed by atoms with van der Waals surface area (Å²) in [5, 5.41) is 0. The van der Waals surface area contributed by atoms with Crippen molar-refractivity contribution in [3.8, 4) is 0 Å². The van der Waals surface area contributed by atoms with Gasteiger partial charge in [0, 0.05) is 17.8 Å². The Labute approximate surface area is 114 Å². The molecular formula is C17H20NO. The van der Waals surface area contributed by atoms with E-state index in [1.807, 2.05) is 18.6 Å².